The van der Waals surface area contributed by atoms with E-state index in [0.29, 0.717) is 106 Å². The lowest BCUT2D eigenvalue weighted by Crippen LogP contribution is -2.43. The Bertz CT molecular complexity index is 5060. The number of hydrogen-bond acceptors (Lipinski definition) is 22. The summed E-state index contributed by atoms with van der Waals surface area (Å²) >= 11 is 20.0. The number of benzene rings is 7. The quantitative estimate of drug-likeness (QED) is 0.0282. The van der Waals surface area contributed by atoms with Crippen LogP contribution >= 0.6 is 57.9 Å². The first kappa shape index (κ1) is 85.3. The molecule has 7 aromatic carbocycles. The van der Waals surface area contributed by atoms with Crippen LogP contribution in [0.2, 0.25) is 15.1 Å². The first-order chi connectivity index (χ1) is 52.2. The lowest BCUT2D eigenvalue weighted by atomic mass is 10.0. The van der Waals surface area contributed by atoms with Gasteiger partial charge in [0.25, 0.3) is 39.6 Å². The van der Waals surface area contributed by atoms with Gasteiger partial charge >= 0.3 is 6.03 Å². The molecule has 582 valence electrons. The van der Waals surface area contributed by atoms with E-state index >= 15 is 0 Å². The predicted octanol–water partition coefficient (Wildman–Crippen LogP) is 9.77. The minimum absolute atomic E-state index is 0.00440. The third-order valence-electron chi connectivity index (χ3n) is 15.7. The van der Waals surface area contributed by atoms with Gasteiger partial charge in [0.2, 0.25) is 26.0 Å². The number of amidine groups is 1. The number of nitrogens with two attached hydrogens (primary N) is 1. The molecular formula is C72H74Cl3N11O19S5. The Morgan fingerprint density at radius 2 is 1.35 bits per heavy atom. The van der Waals surface area contributed by atoms with E-state index in [9.17, 15) is 63.6 Å². The van der Waals surface area contributed by atoms with Gasteiger partial charge in [-0.15, -0.1) is 11.3 Å². The zero-order valence-corrected chi connectivity index (χ0v) is 65.3. The maximum Gasteiger partial charge on any atom is 0.324 e. The van der Waals surface area contributed by atoms with Gasteiger partial charge in [-0.2, -0.15) is 0 Å². The monoisotopic (exact) mass is 1660 g/mol. The van der Waals surface area contributed by atoms with Crippen molar-refractivity contribution in [1.29, 1.82) is 5.41 Å². The number of urea groups is 1. The van der Waals surface area contributed by atoms with Crippen LogP contribution in [0.5, 0.6) is 23.0 Å². The van der Waals surface area contributed by atoms with Crippen molar-refractivity contribution in [3.8, 4) is 23.0 Å². The molecule has 1 aliphatic carbocycles. The standard InChI is InChI=1S/C17H15N3O3.C15H19ClN2O5S.C15H15ClN2O3S.C14H15ClN2O4S.C11H10N2O4S2/c21-15(12-4-2-1-3-5-12)19-14-8-6-13(7-9-14)16(22)20-11-10-18-17(20)23;16-11-1-4-13(14(9-11)24(20,21)17-12-2-3-12)23-10-15(19)18-5-7-22-8-6-18;1-10-13(16)7-4-8-14(10)17-15(19)11-5-3-6-12(9-11)18-22(2,20)21;1-20-10-5-8(15)11(21-2)4-7(10)3-9(18)12-6-13(19)17-14(16)22-12;12-11(15)10-5-9(6-18-10)19(16,17)13-7-1-3-8(14)4-2-7/h1-9H,10-11H2,(H,18,23)(H,19,21);1,4,9,12,17H,2-3,5-8,10H2;3-9,18H,1-2H3,(H,17,19);4-5,12H,3,6H2,1-2H3,(H2,16,17,19);1-6,13-14H,(H2,12,15). The summed E-state index contributed by atoms with van der Waals surface area (Å²) in [4.78, 5) is 97.8. The van der Waals surface area contributed by atoms with Crippen LogP contribution in [0.25, 0.3) is 0 Å². The number of phenols is 1. The van der Waals surface area contributed by atoms with E-state index in [0.717, 1.165) is 52.7 Å². The predicted molar refractivity (Wildman–Crippen MR) is 419 cm³/mol. The van der Waals surface area contributed by atoms with E-state index in [1.807, 2.05) is 6.07 Å². The molecule has 110 heavy (non-hydrogen) atoms. The number of carbonyl (C=O) groups is 8. The number of anilines is 4. The molecule has 0 bridgehead atoms. The van der Waals surface area contributed by atoms with Gasteiger partial charge < -0.3 is 56.0 Å². The Balaban J connectivity index is 0.000000173. The summed E-state index contributed by atoms with van der Waals surface area (Å²) in [7, 11) is -7.91. The van der Waals surface area contributed by atoms with Crippen LogP contribution in [0, 0.1) is 12.3 Å². The second-order valence-electron chi connectivity index (χ2n) is 24.0. The molecule has 8 amide bonds. The molecule has 11 N–H and O–H groups in total. The van der Waals surface area contributed by atoms with Gasteiger partial charge in [0.1, 0.15) is 27.9 Å². The highest BCUT2D eigenvalue weighted by atomic mass is 35.5. The van der Waals surface area contributed by atoms with Crippen molar-refractivity contribution in [2.45, 2.75) is 53.7 Å². The molecule has 1 aromatic heterocycles. The maximum atomic E-state index is 12.4. The second-order valence-corrected chi connectivity index (χ2v) is 32.5. The topological polar surface area (TPSA) is 437 Å². The number of phenolic OH excluding ortho intramolecular Hbond substituents is 1. The molecule has 3 saturated heterocycles. The average Bonchev–Trinajstić information content (AvgIpc) is 1.65. The van der Waals surface area contributed by atoms with Gasteiger partial charge in [-0.3, -0.25) is 53.3 Å². The van der Waals surface area contributed by atoms with Crippen LogP contribution in [-0.4, -0.2) is 170 Å². The number of halogens is 3. The van der Waals surface area contributed by atoms with E-state index in [1.54, 1.807) is 109 Å². The minimum atomic E-state index is -3.77. The van der Waals surface area contributed by atoms with E-state index in [2.05, 4.69) is 35.4 Å². The summed E-state index contributed by atoms with van der Waals surface area (Å²) in [6.07, 6.45) is 2.85. The van der Waals surface area contributed by atoms with Crippen molar-refractivity contribution < 1.29 is 87.7 Å². The first-order valence-corrected chi connectivity index (χ1v) is 40.6. The second kappa shape index (κ2) is 39.3. The van der Waals surface area contributed by atoms with Crippen molar-refractivity contribution in [2.75, 3.05) is 86.6 Å². The van der Waals surface area contributed by atoms with Gasteiger partial charge in [-0.1, -0.05) is 76.9 Å². The summed E-state index contributed by atoms with van der Waals surface area (Å²) < 4.78 is 99.7. The lowest BCUT2D eigenvalue weighted by Gasteiger charge is -2.26. The number of nitrogens with zero attached hydrogens (tertiary/aromatic N) is 2. The minimum Gasteiger partial charge on any atom is -0.508 e. The molecule has 4 heterocycles. The molecule has 3 aliphatic heterocycles. The number of imide groups is 1. The number of ketones is 1. The number of thiophene rings is 1. The van der Waals surface area contributed by atoms with Crippen molar-refractivity contribution >= 4 is 163 Å². The van der Waals surface area contributed by atoms with Crippen LogP contribution < -0.4 is 55.4 Å². The van der Waals surface area contributed by atoms with E-state index in [-0.39, 0.29) is 103 Å². The Kier molecular flexibility index (Phi) is 30.5. The number of hydrogen-bond donors (Lipinski definition) is 10. The van der Waals surface area contributed by atoms with E-state index in [4.69, 9.17) is 70.0 Å². The third kappa shape index (κ3) is 25.6. The van der Waals surface area contributed by atoms with Crippen molar-refractivity contribution in [2.24, 2.45) is 5.73 Å². The number of nitrogens with one attached hydrogen (secondary N) is 8. The van der Waals surface area contributed by atoms with Crippen LogP contribution in [0.15, 0.2) is 173 Å². The highest BCUT2D eigenvalue weighted by Crippen LogP contribution is 2.35. The molecule has 38 heteroatoms. The largest absolute Gasteiger partial charge is 0.508 e. The summed E-state index contributed by atoms with van der Waals surface area (Å²) in [5.41, 5.74) is 9.60. The molecule has 0 radical (unpaired) electrons. The number of thioether (sulfide) groups is 1. The van der Waals surface area contributed by atoms with Crippen LogP contribution in [0.3, 0.4) is 0 Å². The van der Waals surface area contributed by atoms with Crippen molar-refractivity contribution in [1.82, 2.24) is 25.2 Å². The van der Waals surface area contributed by atoms with Crippen molar-refractivity contribution in [3.05, 3.63) is 211 Å². The van der Waals surface area contributed by atoms with Crippen molar-refractivity contribution in [3.63, 3.8) is 0 Å². The Morgan fingerprint density at radius 1 is 0.691 bits per heavy atom. The zero-order valence-electron chi connectivity index (χ0n) is 59.0. The normalized spacial score (nSPS) is 14.6. The average molecular weight is 1660 g/mol. The molecule has 0 spiro atoms. The molecular weight excluding hydrogens is 1590 g/mol. The summed E-state index contributed by atoms with van der Waals surface area (Å²) in [5, 5.41) is 29.1. The molecule has 30 nitrogen and oxygen atoms in total. The molecule has 4 aliphatic rings. The Morgan fingerprint density at radius 3 is 1.96 bits per heavy atom. The number of primary amides is 1. The van der Waals surface area contributed by atoms with Gasteiger partial charge in [-0.05, 0) is 147 Å². The molecule has 8 aromatic rings. The fraction of sp³-hybridized carbons (Fsp3) is 0.236. The Labute approximate surface area is 656 Å². The maximum absolute atomic E-state index is 12.4. The number of sulfonamides is 3. The number of ether oxygens (including phenoxy) is 4. The van der Waals surface area contributed by atoms with Gasteiger partial charge in [0, 0.05) is 112 Å². The van der Waals surface area contributed by atoms with Gasteiger partial charge in [0.15, 0.2) is 17.6 Å². The molecule has 1 atom stereocenters. The molecule has 4 fully saturated rings. The summed E-state index contributed by atoms with van der Waals surface area (Å²) in [5.74, 6) is -1.15. The van der Waals surface area contributed by atoms with E-state index < -0.39 is 41.2 Å². The fourth-order valence-electron chi connectivity index (χ4n) is 9.96. The first-order valence-electron chi connectivity index (χ1n) is 32.9. The molecule has 1 unspecified atom stereocenters. The molecule has 12 rings (SSSR count). The number of morpholine rings is 1. The highest BCUT2D eigenvalue weighted by Gasteiger charge is 2.33. The zero-order chi connectivity index (χ0) is 80.0. The number of methoxy groups -OCH3 is 2. The third-order valence-corrected chi connectivity index (χ3v) is 22.3. The number of rotatable bonds is 22. The number of amides is 8. The smallest absolute Gasteiger partial charge is 0.324 e. The summed E-state index contributed by atoms with van der Waals surface area (Å²) in [6.45, 7) is 4.43. The van der Waals surface area contributed by atoms with Gasteiger partial charge in [0.05, 0.1) is 53.7 Å². The van der Waals surface area contributed by atoms with Crippen LogP contribution in [0.1, 0.15) is 71.1 Å². The van der Waals surface area contributed by atoms with E-state index in [1.165, 1.54) is 74.2 Å². The number of carbonyl (C=O) groups excluding carboxylic acids is 8. The highest BCUT2D eigenvalue weighted by molar-refractivity contribution is 8.15. The number of Topliss-reactive ketones (excluding diaryl/α,β-unsaturated/α-hetero) is 1. The fourth-order valence-corrected chi connectivity index (χ4v) is 15.7. The number of aromatic hydroxyl groups is 1. The van der Waals surface area contributed by atoms with Crippen LogP contribution in [0.4, 0.5) is 27.5 Å². The molecule has 1 saturated carbocycles. The summed E-state index contributed by atoms with van der Waals surface area (Å²) in [6, 6.07) is 40.8. The van der Waals surface area contributed by atoms with Gasteiger partial charge in [-0.25, -0.2) is 34.8 Å². The SMILES string of the molecule is COc1cc(CC(=O)C2CC(=O)NC(=N)S2)c(OC)cc1Cl.Cc1c(Cl)cccc1NC(=O)c1cccc(NS(C)(=O)=O)c1.NC(=O)c1cc(S(=O)(=O)Nc2ccc(O)cc2)cs1.O=C(COc1ccc(Cl)cc1S(=O)(=O)NC1CC1)N1CCOCC1.O=C(Nc1ccc(C(=O)N2CCNC2=O)cc1)c1ccccc1. The van der Waals surface area contributed by atoms with Crippen LogP contribution in [-0.2, 0) is 55.6 Å². The lowest BCUT2D eigenvalue weighted by molar-refractivity contribution is -0.137. The Hall–Kier alpha value is -10.3.